The fourth-order valence-electron chi connectivity index (χ4n) is 2.92. The van der Waals surface area contributed by atoms with Crippen molar-refractivity contribution in [1.29, 1.82) is 0 Å². The molecule has 0 radical (unpaired) electrons. The highest BCUT2D eigenvalue weighted by Crippen LogP contribution is 2.49. The lowest BCUT2D eigenvalue weighted by Gasteiger charge is -2.40. The van der Waals surface area contributed by atoms with Gasteiger partial charge in [-0.3, -0.25) is 4.79 Å². The van der Waals surface area contributed by atoms with E-state index in [9.17, 15) is 4.79 Å². The predicted molar refractivity (Wildman–Crippen MR) is 76.6 cm³/mol. The molecule has 1 aliphatic carbocycles. The second-order valence-corrected chi connectivity index (χ2v) is 5.88. The number of rotatable bonds is 1. The number of amides is 1. The number of carbonyl (C=O) groups is 1. The Labute approximate surface area is 117 Å². The highest BCUT2D eigenvalue weighted by Gasteiger charge is 2.37. The predicted octanol–water partition coefficient (Wildman–Crippen LogP) is 4.02. The van der Waals surface area contributed by atoms with E-state index >= 15 is 0 Å². The molecule has 0 saturated heterocycles. The largest absolute Gasteiger partial charge is 0.487 e. The molecule has 1 N–H and O–H groups in total. The van der Waals surface area contributed by atoms with Crippen molar-refractivity contribution in [2.45, 2.75) is 38.7 Å². The number of anilines is 1. The third kappa shape index (κ3) is 2.12. The van der Waals surface area contributed by atoms with Crippen LogP contribution in [-0.4, -0.2) is 11.5 Å². The fraction of sp³-hybridized carbons (Fsp3) is 0.400. The van der Waals surface area contributed by atoms with E-state index in [4.69, 9.17) is 16.3 Å². The maximum atomic E-state index is 11.4. The molecule has 4 heteroatoms. The molecule has 0 aromatic heterocycles. The van der Waals surface area contributed by atoms with Crippen LogP contribution in [0.5, 0.6) is 5.75 Å². The molecule has 1 atom stereocenters. The molecule has 2 aliphatic rings. The molecular weight excluding hydrogens is 262 g/mol. The summed E-state index contributed by atoms with van der Waals surface area (Å²) in [4.78, 5) is 11.4. The smallest absolute Gasteiger partial charge is 0.221 e. The van der Waals surface area contributed by atoms with Crippen molar-refractivity contribution in [3.05, 3.63) is 28.8 Å². The van der Waals surface area contributed by atoms with E-state index in [2.05, 4.69) is 18.3 Å². The minimum absolute atomic E-state index is 0.125. The van der Waals surface area contributed by atoms with Crippen LogP contribution in [0.15, 0.2) is 18.2 Å². The summed E-state index contributed by atoms with van der Waals surface area (Å²) in [5.74, 6) is 0.688. The van der Waals surface area contributed by atoms with Gasteiger partial charge in [0.05, 0.1) is 10.7 Å². The number of hydrogen-bond acceptors (Lipinski definition) is 2. The van der Waals surface area contributed by atoms with E-state index in [1.165, 1.54) is 12.5 Å². The van der Waals surface area contributed by atoms with E-state index in [-0.39, 0.29) is 11.5 Å². The van der Waals surface area contributed by atoms with Crippen molar-refractivity contribution >= 4 is 28.8 Å². The van der Waals surface area contributed by atoms with Gasteiger partial charge >= 0.3 is 0 Å². The van der Waals surface area contributed by atoms with E-state index in [1.54, 1.807) is 6.07 Å². The van der Waals surface area contributed by atoms with Crippen molar-refractivity contribution in [1.82, 2.24) is 0 Å². The molecule has 19 heavy (non-hydrogen) atoms. The second-order valence-electron chi connectivity index (χ2n) is 5.47. The van der Waals surface area contributed by atoms with Gasteiger partial charge < -0.3 is 10.1 Å². The number of fused-ring (bicyclic) bond motifs is 4. The highest BCUT2D eigenvalue weighted by molar-refractivity contribution is 6.34. The van der Waals surface area contributed by atoms with Gasteiger partial charge in [-0.2, -0.15) is 0 Å². The van der Waals surface area contributed by atoms with Crippen molar-refractivity contribution in [2.75, 3.05) is 5.32 Å². The van der Waals surface area contributed by atoms with Crippen LogP contribution >= 0.6 is 11.6 Å². The second kappa shape index (κ2) is 4.27. The van der Waals surface area contributed by atoms with Crippen LogP contribution in [0.1, 0.15) is 38.7 Å². The monoisotopic (exact) mass is 277 g/mol. The van der Waals surface area contributed by atoms with E-state index in [0.29, 0.717) is 10.7 Å². The standard InChI is InChI=1S/C15H16ClNO2/c1-9(18)17-14-11(16)5-6-12-13(14)10-4-3-7-15(2,8-10)19-12/h4-6H,3,7-8H2,1-2H3,(H,17,18). The Hall–Kier alpha value is -1.48. The topological polar surface area (TPSA) is 38.3 Å². The van der Waals surface area contributed by atoms with Gasteiger partial charge in [0.15, 0.2) is 0 Å². The summed E-state index contributed by atoms with van der Waals surface area (Å²) in [6.07, 6.45) is 5.11. The summed E-state index contributed by atoms with van der Waals surface area (Å²) >= 11 is 6.22. The molecule has 100 valence electrons. The summed E-state index contributed by atoms with van der Waals surface area (Å²) in [6.45, 7) is 3.62. The Bertz CT molecular complexity index is 594. The third-order valence-corrected chi connectivity index (χ3v) is 4.04. The van der Waals surface area contributed by atoms with Crippen LogP contribution < -0.4 is 10.1 Å². The minimum Gasteiger partial charge on any atom is -0.487 e. The first-order chi connectivity index (χ1) is 8.98. The van der Waals surface area contributed by atoms with Gasteiger partial charge in [0.1, 0.15) is 11.4 Å². The van der Waals surface area contributed by atoms with Gasteiger partial charge in [0.2, 0.25) is 5.91 Å². The number of halogens is 1. The lowest BCUT2D eigenvalue weighted by atomic mass is 9.80. The average Bonchev–Trinajstić information content (AvgIpc) is 2.31. The van der Waals surface area contributed by atoms with E-state index < -0.39 is 0 Å². The number of benzene rings is 1. The van der Waals surface area contributed by atoms with Crippen molar-refractivity contribution in [2.24, 2.45) is 0 Å². The molecule has 1 unspecified atom stereocenters. The molecule has 3 nitrogen and oxygen atoms in total. The molecule has 1 heterocycles. The molecule has 0 spiro atoms. The summed E-state index contributed by atoms with van der Waals surface area (Å²) in [5.41, 5.74) is 2.71. The lowest BCUT2D eigenvalue weighted by molar-refractivity contribution is -0.114. The molecule has 1 aliphatic heterocycles. The van der Waals surface area contributed by atoms with Crippen LogP contribution in [0, 0.1) is 0 Å². The van der Waals surface area contributed by atoms with Gasteiger partial charge in [0, 0.05) is 18.9 Å². The lowest BCUT2D eigenvalue weighted by Crippen LogP contribution is -2.37. The van der Waals surface area contributed by atoms with Gasteiger partial charge in [-0.15, -0.1) is 0 Å². The summed E-state index contributed by atoms with van der Waals surface area (Å²) in [6, 6.07) is 3.66. The van der Waals surface area contributed by atoms with Crippen molar-refractivity contribution in [3.8, 4) is 5.75 Å². The van der Waals surface area contributed by atoms with Gasteiger partial charge in [0.25, 0.3) is 0 Å². The first-order valence-corrected chi connectivity index (χ1v) is 6.85. The van der Waals surface area contributed by atoms with Crippen LogP contribution in [0.4, 0.5) is 5.69 Å². The van der Waals surface area contributed by atoms with E-state index in [1.807, 2.05) is 6.07 Å². The first kappa shape index (κ1) is 12.5. The average molecular weight is 278 g/mol. The summed E-state index contributed by atoms with van der Waals surface area (Å²) < 4.78 is 6.12. The Morgan fingerprint density at radius 2 is 2.26 bits per heavy atom. The molecule has 1 amide bonds. The molecule has 3 rings (SSSR count). The zero-order valence-corrected chi connectivity index (χ0v) is 11.8. The maximum Gasteiger partial charge on any atom is 0.221 e. The van der Waals surface area contributed by atoms with Gasteiger partial charge in [-0.1, -0.05) is 17.7 Å². The first-order valence-electron chi connectivity index (χ1n) is 6.47. The quantitative estimate of drug-likeness (QED) is 0.842. The van der Waals surface area contributed by atoms with Crippen LogP contribution in [0.3, 0.4) is 0 Å². The number of ether oxygens (including phenoxy) is 1. The highest BCUT2D eigenvalue weighted by atomic mass is 35.5. The molecule has 0 fully saturated rings. The van der Waals surface area contributed by atoms with E-state index in [0.717, 1.165) is 30.6 Å². The van der Waals surface area contributed by atoms with Crippen LogP contribution in [0.2, 0.25) is 5.02 Å². The zero-order chi connectivity index (χ0) is 13.6. The van der Waals surface area contributed by atoms with Crippen molar-refractivity contribution in [3.63, 3.8) is 0 Å². The Kier molecular flexibility index (Phi) is 2.82. The summed E-state index contributed by atoms with van der Waals surface area (Å²) in [7, 11) is 0. The molecule has 1 aromatic carbocycles. The molecule has 2 bridgehead atoms. The molecule has 1 aromatic rings. The number of nitrogens with one attached hydrogen (secondary N) is 1. The number of hydrogen-bond donors (Lipinski definition) is 1. The SMILES string of the molecule is CC(=O)Nc1c(Cl)ccc2c1C1=CCCC(C)(C1)O2. The van der Waals surface area contributed by atoms with Gasteiger partial charge in [-0.25, -0.2) is 0 Å². The zero-order valence-electron chi connectivity index (χ0n) is 11.0. The normalized spacial score (nSPS) is 24.1. The van der Waals surface area contributed by atoms with Gasteiger partial charge in [-0.05, 0) is 37.5 Å². The van der Waals surface area contributed by atoms with Crippen molar-refractivity contribution < 1.29 is 9.53 Å². The molecular formula is C15H16ClNO2. The van der Waals surface area contributed by atoms with Crippen LogP contribution in [0.25, 0.3) is 5.57 Å². The number of carbonyl (C=O) groups excluding carboxylic acids is 1. The van der Waals surface area contributed by atoms with Crippen LogP contribution in [-0.2, 0) is 4.79 Å². The summed E-state index contributed by atoms with van der Waals surface area (Å²) in [5, 5.41) is 3.37. The fourth-order valence-corrected chi connectivity index (χ4v) is 3.12. The third-order valence-electron chi connectivity index (χ3n) is 3.72. The minimum atomic E-state index is -0.127. The Morgan fingerprint density at radius 1 is 1.47 bits per heavy atom. The molecule has 0 saturated carbocycles. The Morgan fingerprint density at radius 3 is 3.00 bits per heavy atom. The maximum absolute atomic E-state index is 11.4. The number of allylic oxidation sites excluding steroid dienone is 1. The Balaban J connectivity index is 2.18.